The Balaban J connectivity index is 1.52. The van der Waals surface area contributed by atoms with E-state index in [4.69, 9.17) is 9.26 Å². The van der Waals surface area contributed by atoms with Gasteiger partial charge in [0, 0.05) is 6.20 Å². The molecule has 0 saturated carbocycles. The minimum Gasteiger partial charge on any atom is -0.363 e. The second-order valence-electron chi connectivity index (χ2n) is 9.02. The lowest BCUT2D eigenvalue weighted by molar-refractivity contribution is -0.0292. The van der Waals surface area contributed by atoms with Crippen LogP contribution in [0.4, 0.5) is 4.39 Å². The number of hydrogen-bond acceptors (Lipinski definition) is 7. The predicted octanol–water partition coefficient (Wildman–Crippen LogP) is 3.91. The summed E-state index contributed by atoms with van der Waals surface area (Å²) in [5.74, 6) is 0.121. The Labute approximate surface area is 192 Å². The van der Waals surface area contributed by atoms with E-state index < -0.39 is 5.82 Å². The Morgan fingerprint density at radius 1 is 1.18 bits per heavy atom. The van der Waals surface area contributed by atoms with Gasteiger partial charge in [-0.1, -0.05) is 11.2 Å². The molecule has 0 bridgehead atoms. The summed E-state index contributed by atoms with van der Waals surface area (Å²) in [7, 11) is 0. The zero-order valence-corrected chi connectivity index (χ0v) is 18.6. The van der Waals surface area contributed by atoms with Gasteiger partial charge < -0.3 is 9.26 Å². The van der Waals surface area contributed by atoms with E-state index in [0.29, 0.717) is 28.3 Å². The van der Waals surface area contributed by atoms with Crippen LogP contribution in [0, 0.1) is 5.82 Å². The standard InChI is InChI=1S/C24H21FN6O3/c1-24(2)9-8-18(33-24)22-28-21(29-34-22)19-20-23(32)30(12-15-5-3-4-10-26-15)17-11-14(25)6-7-16(17)31(20)13-27-19/h3-7,10-11,13,18H,8-9,12H2,1-2H3. The average molecular weight is 460 g/mol. The number of fused-ring (bicyclic) bond motifs is 3. The van der Waals surface area contributed by atoms with Crippen LogP contribution >= 0.6 is 0 Å². The summed E-state index contributed by atoms with van der Waals surface area (Å²) in [6.07, 6.45) is 4.52. The van der Waals surface area contributed by atoms with Crippen molar-refractivity contribution in [3.8, 4) is 11.5 Å². The fraction of sp³-hybridized carbons (Fsp3) is 0.292. The Morgan fingerprint density at radius 2 is 2.06 bits per heavy atom. The number of hydrogen-bond donors (Lipinski definition) is 0. The topological polar surface area (TPSA) is 100 Å². The molecule has 0 radical (unpaired) electrons. The zero-order chi connectivity index (χ0) is 23.4. The Morgan fingerprint density at radius 3 is 2.82 bits per heavy atom. The van der Waals surface area contributed by atoms with Gasteiger partial charge >= 0.3 is 0 Å². The quantitative estimate of drug-likeness (QED) is 0.401. The molecule has 34 heavy (non-hydrogen) atoms. The molecule has 9 nitrogen and oxygen atoms in total. The summed E-state index contributed by atoms with van der Waals surface area (Å²) in [6.45, 7) is 4.21. The highest BCUT2D eigenvalue weighted by molar-refractivity contribution is 5.83. The molecule has 4 aromatic heterocycles. The van der Waals surface area contributed by atoms with Crippen molar-refractivity contribution in [1.29, 1.82) is 0 Å². The molecule has 5 heterocycles. The van der Waals surface area contributed by atoms with Crippen molar-refractivity contribution in [2.24, 2.45) is 0 Å². The minimum absolute atomic E-state index is 0.170. The van der Waals surface area contributed by atoms with E-state index in [-0.39, 0.29) is 35.2 Å². The predicted molar refractivity (Wildman–Crippen MR) is 121 cm³/mol. The smallest absolute Gasteiger partial charge is 0.278 e. The maximum Gasteiger partial charge on any atom is 0.278 e. The first-order chi connectivity index (χ1) is 16.4. The van der Waals surface area contributed by atoms with Crippen LogP contribution in [-0.4, -0.2) is 34.7 Å². The number of nitrogens with zero attached hydrogens (tertiary/aromatic N) is 6. The molecule has 0 spiro atoms. The third-order valence-electron chi connectivity index (χ3n) is 6.15. The molecule has 0 amide bonds. The molecule has 1 unspecified atom stereocenters. The van der Waals surface area contributed by atoms with Crippen LogP contribution in [0.5, 0.6) is 0 Å². The fourth-order valence-corrected chi connectivity index (χ4v) is 4.48. The molecular weight excluding hydrogens is 439 g/mol. The van der Waals surface area contributed by atoms with Crippen LogP contribution in [0.15, 0.2) is 58.2 Å². The second-order valence-corrected chi connectivity index (χ2v) is 9.02. The van der Waals surface area contributed by atoms with Crippen molar-refractivity contribution < 1.29 is 13.7 Å². The summed E-state index contributed by atoms with van der Waals surface area (Å²) in [6, 6.07) is 9.76. The van der Waals surface area contributed by atoms with Gasteiger partial charge in [-0.25, -0.2) is 9.37 Å². The van der Waals surface area contributed by atoms with Crippen LogP contribution in [0.1, 0.15) is 44.4 Å². The number of pyridine rings is 1. The van der Waals surface area contributed by atoms with E-state index in [9.17, 15) is 9.18 Å². The van der Waals surface area contributed by atoms with Gasteiger partial charge in [-0.05, 0) is 57.0 Å². The molecule has 1 aliphatic rings. The summed E-state index contributed by atoms with van der Waals surface area (Å²) in [4.78, 5) is 27.0. The van der Waals surface area contributed by atoms with Gasteiger partial charge in [0.15, 0.2) is 0 Å². The maximum atomic E-state index is 14.2. The highest BCUT2D eigenvalue weighted by Crippen LogP contribution is 2.38. The van der Waals surface area contributed by atoms with E-state index in [1.54, 1.807) is 22.7 Å². The van der Waals surface area contributed by atoms with Crippen molar-refractivity contribution in [2.45, 2.75) is 44.9 Å². The van der Waals surface area contributed by atoms with E-state index in [0.717, 1.165) is 12.8 Å². The lowest BCUT2D eigenvalue weighted by atomic mass is 10.1. The van der Waals surface area contributed by atoms with Crippen LogP contribution in [0.2, 0.25) is 0 Å². The molecule has 1 fully saturated rings. The first-order valence-corrected chi connectivity index (χ1v) is 11.0. The normalized spacial score (nSPS) is 17.7. The molecule has 5 aromatic rings. The molecule has 6 rings (SSSR count). The monoisotopic (exact) mass is 460 g/mol. The van der Waals surface area contributed by atoms with Gasteiger partial charge in [0.05, 0.1) is 28.9 Å². The molecular formula is C24H21FN6O3. The van der Waals surface area contributed by atoms with Crippen LogP contribution in [0.25, 0.3) is 28.1 Å². The van der Waals surface area contributed by atoms with E-state index >= 15 is 0 Å². The molecule has 172 valence electrons. The van der Waals surface area contributed by atoms with Gasteiger partial charge in [-0.15, -0.1) is 0 Å². The van der Waals surface area contributed by atoms with Crippen molar-refractivity contribution in [3.05, 3.63) is 76.7 Å². The van der Waals surface area contributed by atoms with Crippen molar-refractivity contribution in [2.75, 3.05) is 0 Å². The second kappa shape index (κ2) is 7.56. The van der Waals surface area contributed by atoms with Gasteiger partial charge in [-0.2, -0.15) is 4.98 Å². The summed E-state index contributed by atoms with van der Waals surface area (Å²) >= 11 is 0. The largest absolute Gasteiger partial charge is 0.363 e. The molecule has 0 N–H and O–H groups in total. The Kier molecular flexibility index (Phi) is 4.59. The van der Waals surface area contributed by atoms with Gasteiger partial charge in [0.1, 0.15) is 29.5 Å². The summed E-state index contributed by atoms with van der Waals surface area (Å²) < 4.78 is 28.8. The SMILES string of the molecule is CC1(C)CCC(c2nc(-c3ncn4c3c(=O)n(Cc3ccccn3)c3cc(F)ccc34)no2)O1. The zero-order valence-electron chi connectivity index (χ0n) is 18.6. The summed E-state index contributed by atoms with van der Waals surface area (Å²) in [5.41, 5.74) is 1.67. The highest BCUT2D eigenvalue weighted by Gasteiger charge is 2.36. The third kappa shape index (κ3) is 3.38. The molecule has 0 aliphatic carbocycles. The van der Waals surface area contributed by atoms with Crippen LogP contribution < -0.4 is 5.56 Å². The number of aromatic nitrogens is 6. The molecule has 1 aromatic carbocycles. The van der Waals surface area contributed by atoms with E-state index in [1.807, 2.05) is 26.0 Å². The average Bonchev–Trinajstić information content (AvgIpc) is 3.55. The number of halogens is 1. The van der Waals surface area contributed by atoms with E-state index in [1.165, 1.54) is 23.0 Å². The first kappa shape index (κ1) is 20.7. The first-order valence-electron chi connectivity index (χ1n) is 11.0. The van der Waals surface area contributed by atoms with Crippen molar-refractivity contribution >= 4 is 16.6 Å². The lowest BCUT2D eigenvalue weighted by Crippen LogP contribution is -2.24. The van der Waals surface area contributed by atoms with Crippen molar-refractivity contribution in [3.63, 3.8) is 0 Å². The molecule has 10 heteroatoms. The Bertz CT molecular complexity index is 1590. The summed E-state index contributed by atoms with van der Waals surface area (Å²) in [5, 5.41) is 4.09. The minimum atomic E-state index is -0.441. The third-order valence-corrected chi connectivity index (χ3v) is 6.15. The maximum absolute atomic E-state index is 14.2. The lowest BCUT2D eigenvalue weighted by Gasteiger charge is -2.17. The Hall–Kier alpha value is -3.92. The van der Waals surface area contributed by atoms with Crippen LogP contribution in [0.3, 0.4) is 0 Å². The van der Waals surface area contributed by atoms with Gasteiger partial charge in [-0.3, -0.25) is 18.7 Å². The molecule has 1 aliphatic heterocycles. The number of benzene rings is 1. The molecule has 1 saturated heterocycles. The number of ether oxygens (including phenoxy) is 1. The van der Waals surface area contributed by atoms with E-state index in [2.05, 4.69) is 20.1 Å². The van der Waals surface area contributed by atoms with Crippen LogP contribution in [-0.2, 0) is 11.3 Å². The fourth-order valence-electron chi connectivity index (χ4n) is 4.48. The number of imidazole rings is 1. The van der Waals surface area contributed by atoms with Crippen molar-refractivity contribution in [1.82, 2.24) is 29.1 Å². The van der Waals surface area contributed by atoms with Gasteiger partial charge in [0.25, 0.3) is 11.4 Å². The van der Waals surface area contributed by atoms with Gasteiger partial charge in [0.2, 0.25) is 5.82 Å². The highest BCUT2D eigenvalue weighted by atomic mass is 19.1. The number of rotatable bonds is 4. The molecule has 1 atom stereocenters.